The first kappa shape index (κ1) is 10.8. The molecule has 0 amide bonds. The summed E-state index contributed by atoms with van der Waals surface area (Å²) in [6, 6.07) is 3.09. The van der Waals surface area contributed by atoms with E-state index in [2.05, 4.69) is 15.9 Å². The Morgan fingerprint density at radius 2 is 2.23 bits per heavy atom. The van der Waals surface area contributed by atoms with Crippen LogP contribution in [0.2, 0.25) is 5.02 Å². The third-order valence-corrected chi connectivity index (χ3v) is 3.11. The Morgan fingerprint density at radius 3 is 2.77 bits per heavy atom. The van der Waals surface area contributed by atoms with Crippen molar-refractivity contribution in [1.29, 1.82) is 0 Å². The molecule has 72 valence electrons. The van der Waals surface area contributed by atoms with Crippen LogP contribution < -0.4 is 5.73 Å². The predicted molar refractivity (Wildman–Crippen MR) is 58.0 cm³/mol. The number of phenols is 1. The molecule has 0 aliphatic heterocycles. The van der Waals surface area contributed by atoms with Crippen LogP contribution >= 0.6 is 27.5 Å². The van der Waals surface area contributed by atoms with E-state index in [0.29, 0.717) is 15.1 Å². The molecule has 13 heavy (non-hydrogen) atoms. The fourth-order valence-electron chi connectivity index (χ4n) is 1.07. The largest absolute Gasteiger partial charge is 0.508 e. The van der Waals surface area contributed by atoms with Crippen molar-refractivity contribution in [3.05, 3.63) is 27.2 Å². The Hall–Kier alpha value is -0.250. The van der Waals surface area contributed by atoms with E-state index < -0.39 is 0 Å². The molecule has 0 heterocycles. The minimum absolute atomic E-state index is 0.161. The van der Waals surface area contributed by atoms with Crippen LogP contribution in [0.25, 0.3) is 0 Å². The predicted octanol–water partition coefficient (Wildman–Crippen LogP) is 3.22. The van der Waals surface area contributed by atoms with Crippen molar-refractivity contribution in [2.75, 3.05) is 0 Å². The molecule has 0 aromatic heterocycles. The van der Waals surface area contributed by atoms with Crippen molar-refractivity contribution >= 4 is 27.5 Å². The molecule has 0 unspecified atom stereocenters. The molecule has 2 nitrogen and oxygen atoms in total. The maximum Gasteiger partial charge on any atom is 0.121 e. The fraction of sp³-hybridized carbons (Fsp3) is 0.333. The van der Waals surface area contributed by atoms with Crippen molar-refractivity contribution in [3.63, 3.8) is 0 Å². The van der Waals surface area contributed by atoms with E-state index in [9.17, 15) is 5.11 Å². The van der Waals surface area contributed by atoms with Gasteiger partial charge in [-0.15, -0.1) is 0 Å². The lowest BCUT2D eigenvalue weighted by Gasteiger charge is -2.12. The Labute approximate surface area is 90.8 Å². The van der Waals surface area contributed by atoms with Crippen LogP contribution in [0.3, 0.4) is 0 Å². The summed E-state index contributed by atoms with van der Waals surface area (Å²) >= 11 is 9.09. The highest BCUT2D eigenvalue weighted by atomic mass is 79.9. The van der Waals surface area contributed by atoms with Crippen LogP contribution in [-0.2, 0) is 0 Å². The van der Waals surface area contributed by atoms with Gasteiger partial charge >= 0.3 is 0 Å². The first-order valence-corrected chi connectivity index (χ1v) is 5.16. The smallest absolute Gasteiger partial charge is 0.121 e. The summed E-state index contributed by atoms with van der Waals surface area (Å²) in [6.07, 6.45) is 0.769. The van der Waals surface area contributed by atoms with Crippen molar-refractivity contribution in [1.82, 2.24) is 0 Å². The molecule has 4 heteroatoms. The van der Waals surface area contributed by atoms with Gasteiger partial charge in [-0.25, -0.2) is 0 Å². The maximum absolute atomic E-state index is 9.55. The number of halogens is 2. The second-order valence-electron chi connectivity index (χ2n) is 2.84. The van der Waals surface area contributed by atoms with Gasteiger partial charge in [0.25, 0.3) is 0 Å². The van der Waals surface area contributed by atoms with Crippen LogP contribution in [-0.4, -0.2) is 5.11 Å². The van der Waals surface area contributed by atoms with Crippen LogP contribution in [0.5, 0.6) is 5.75 Å². The molecule has 1 aromatic carbocycles. The minimum atomic E-state index is -0.161. The summed E-state index contributed by atoms with van der Waals surface area (Å²) in [4.78, 5) is 0. The van der Waals surface area contributed by atoms with Gasteiger partial charge in [-0.3, -0.25) is 0 Å². The quantitative estimate of drug-likeness (QED) is 0.861. The van der Waals surface area contributed by atoms with E-state index in [-0.39, 0.29) is 11.8 Å². The van der Waals surface area contributed by atoms with E-state index in [1.807, 2.05) is 6.92 Å². The molecule has 1 rings (SSSR count). The topological polar surface area (TPSA) is 46.2 Å². The van der Waals surface area contributed by atoms with Gasteiger partial charge in [0.2, 0.25) is 0 Å². The van der Waals surface area contributed by atoms with Crippen LogP contribution in [0.15, 0.2) is 16.6 Å². The molecule has 0 saturated carbocycles. The molecule has 3 N–H and O–H groups in total. The molecule has 1 aromatic rings. The van der Waals surface area contributed by atoms with Gasteiger partial charge in [-0.1, -0.05) is 18.5 Å². The zero-order valence-electron chi connectivity index (χ0n) is 7.22. The molecule has 0 aliphatic rings. The van der Waals surface area contributed by atoms with Crippen molar-refractivity contribution < 1.29 is 5.11 Å². The zero-order chi connectivity index (χ0) is 10.0. The monoisotopic (exact) mass is 263 g/mol. The van der Waals surface area contributed by atoms with E-state index in [1.54, 1.807) is 12.1 Å². The zero-order valence-corrected chi connectivity index (χ0v) is 9.56. The Morgan fingerprint density at radius 1 is 1.62 bits per heavy atom. The molecular weight excluding hydrogens is 253 g/mol. The maximum atomic E-state index is 9.55. The second kappa shape index (κ2) is 4.31. The lowest BCUT2D eigenvalue weighted by Crippen LogP contribution is -2.08. The second-order valence-corrected chi connectivity index (χ2v) is 4.10. The van der Waals surface area contributed by atoms with Crippen LogP contribution in [0.1, 0.15) is 24.9 Å². The number of hydrogen-bond donors (Lipinski definition) is 2. The Kier molecular flexibility index (Phi) is 3.59. The highest BCUT2D eigenvalue weighted by Gasteiger charge is 2.11. The first-order chi connectivity index (χ1) is 6.06. The standard InChI is InChI=1S/C9H11BrClNO/c1-2-8(12)5-3-7(11)6(10)4-9(5)13/h3-4,8,13H,2,12H2,1H3/t8-/m1/s1. The molecule has 0 aliphatic carbocycles. The summed E-state index contributed by atoms with van der Waals surface area (Å²) in [5.74, 6) is 0.186. The third-order valence-electron chi connectivity index (χ3n) is 1.91. The number of nitrogens with two attached hydrogens (primary N) is 1. The van der Waals surface area contributed by atoms with E-state index in [1.165, 1.54) is 0 Å². The summed E-state index contributed by atoms with van der Waals surface area (Å²) in [6.45, 7) is 1.96. The number of hydrogen-bond acceptors (Lipinski definition) is 2. The molecule has 0 bridgehead atoms. The number of rotatable bonds is 2. The highest BCUT2D eigenvalue weighted by molar-refractivity contribution is 9.10. The molecule has 0 saturated heterocycles. The molecule has 0 radical (unpaired) electrons. The number of benzene rings is 1. The average Bonchev–Trinajstić information content (AvgIpc) is 2.10. The Bertz CT molecular complexity index is 317. The third kappa shape index (κ3) is 2.36. The molecule has 0 spiro atoms. The molecular formula is C9H11BrClNO. The van der Waals surface area contributed by atoms with Crippen molar-refractivity contribution in [2.24, 2.45) is 5.73 Å². The van der Waals surface area contributed by atoms with Gasteiger partial charge < -0.3 is 10.8 Å². The number of phenolic OH excluding ortho intramolecular Hbond substituents is 1. The minimum Gasteiger partial charge on any atom is -0.508 e. The van der Waals surface area contributed by atoms with Crippen LogP contribution in [0.4, 0.5) is 0 Å². The summed E-state index contributed by atoms with van der Waals surface area (Å²) in [5, 5.41) is 10.1. The first-order valence-electron chi connectivity index (χ1n) is 3.99. The van der Waals surface area contributed by atoms with E-state index >= 15 is 0 Å². The highest BCUT2D eigenvalue weighted by Crippen LogP contribution is 2.33. The van der Waals surface area contributed by atoms with Gasteiger partial charge in [-0.05, 0) is 34.5 Å². The summed E-state index contributed by atoms with van der Waals surface area (Å²) < 4.78 is 0.679. The summed E-state index contributed by atoms with van der Waals surface area (Å²) in [5.41, 5.74) is 6.47. The van der Waals surface area contributed by atoms with Crippen molar-refractivity contribution in [2.45, 2.75) is 19.4 Å². The van der Waals surface area contributed by atoms with Gasteiger partial charge in [0.05, 0.1) is 5.02 Å². The van der Waals surface area contributed by atoms with E-state index in [0.717, 1.165) is 6.42 Å². The Balaban J connectivity index is 3.15. The lowest BCUT2D eigenvalue weighted by atomic mass is 10.0. The van der Waals surface area contributed by atoms with Gasteiger partial charge in [0, 0.05) is 16.1 Å². The van der Waals surface area contributed by atoms with Gasteiger partial charge in [0.1, 0.15) is 5.75 Å². The lowest BCUT2D eigenvalue weighted by molar-refractivity contribution is 0.460. The van der Waals surface area contributed by atoms with Crippen molar-refractivity contribution in [3.8, 4) is 5.75 Å². The SMILES string of the molecule is CC[C@@H](N)c1cc(Cl)c(Br)cc1O. The molecule has 0 fully saturated rings. The number of aromatic hydroxyl groups is 1. The van der Waals surface area contributed by atoms with Crippen LogP contribution in [0, 0.1) is 0 Å². The fourth-order valence-corrected chi connectivity index (χ4v) is 1.57. The normalized spacial score (nSPS) is 12.9. The average molecular weight is 265 g/mol. The van der Waals surface area contributed by atoms with E-state index in [4.69, 9.17) is 17.3 Å². The van der Waals surface area contributed by atoms with Gasteiger partial charge in [0.15, 0.2) is 0 Å². The summed E-state index contributed by atoms with van der Waals surface area (Å²) in [7, 11) is 0. The molecule has 1 atom stereocenters. The van der Waals surface area contributed by atoms with Gasteiger partial charge in [-0.2, -0.15) is 0 Å².